The lowest BCUT2D eigenvalue weighted by molar-refractivity contribution is 0.0191. The van der Waals surface area contributed by atoms with Crippen LogP contribution in [0.25, 0.3) is 0 Å². The van der Waals surface area contributed by atoms with Crippen LogP contribution in [0.15, 0.2) is 0 Å². The average Bonchev–Trinajstić information content (AvgIpc) is 2.40. The predicted octanol–water partition coefficient (Wildman–Crippen LogP) is 3.90. The summed E-state index contributed by atoms with van der Waals surface area (Å²) in [4.78, 5) is 2.67. The molecule has 0 bridgehead atoms. The lowest BCUT2D eigenvalue weighted by Gasteiger charge is -2.49. The van der Waals surface area contributed by atoms with Crippen LogP contribution in [0.2, 0.25) is 0 Å². The topological polar surface area (TPSA) is 29.3 Å². The largest absolute Gasteiger partial charge is 0.327 e. The molecule has 0 radical (unpaired) electrons. The van der Waals surface area contributed by atoms with Crippen LogP contribution < -0.4 is 5.73 Å². The minimum atomic E-state index is 0.381. The first kappa shape index (κ1) is 16.3. The highest BCUT2D eigenvalue weighted by atomic mass is 15.1. The van der Waals surface area contributed by atoms with Crippen LogP contribution in [0.4, 0.5) is 0 Å². The van der Waals surface area contributed by atoms with Crippen LogP contribution in [0.1, 0.15) is 66.2 Å². The van der Waals surface area contributed by atoms with E-state index in [-0.39, 0.29) is 0 Å². The summed E-state index contributed by atoms with van der Waals surface area (Å²) < 4.78 is 0. The Balaban J connectivity index is 1.94. The molecule has 2 aliphatic rings. The number of rotatable bonds is 3. The van der Waals surface area contributed by atoms with Crippen molar-refractivity contribution in [3.63, 3.8) is 0 Å². The summed E-state index contributed by atoms with van der Waals surface area (Å²) in [6, 6.07) is 1.22. The Bertz CT molecular complexity index is 313. The summed E-state index contributed by atoms with van der Waals surface area (Å²) in [5.41, 5.74) is 6.68. The molecule has 0 aromatic carbocycles. The van der Waals surface area contributed by atoms with E-state index in [4.69, 9.17) is 5.73 Å². The van der Waals surface area contributed by atoms with Gasteiger partial charge in [-0.1, -0.05) is 40.5 Å². The number of hydrogen-bond donors (Lipinski definition) is 1. The molecule has 5 atom stereocenters. The van der Waals surface area contributed by atoms with Gasteiger partial charge in [0.15, 0.2) is 0 Å². The molecule has 0 aromatic heterocycles. The van der Waals surface area contributed by atoms with Gasteiger partial charge in [0.2, 0.25) is 0 Å². The summed E-state index contributed by atoms with van der Waals surface area (Å²) in [5.74, 6) is 2.36. The van der Waals surface area contributed by atoms with Crippen molar-refractivity contribution in [1.82, 2.24) is 4.90 Å². The van der Waals surface area contributed by atoms with Crippen LogP contribution >= 0.6 is 0 Å². The van der Waals surface area contributed by atoms with Crippen LogP contribution in [-0.4, -0.2) is 30.6 Å². The zero-order valence-corrected chi connectivity index (χ0v) is 14.4. The third-order valence-corrected chi connectivity index (χ3v) is 6.76. The van der Waals surface area contributed by atoms with E-state index in [9.17, 15) is 0 Å². The molecule has 0 heterocycles. The molecule has 2 fully saturated rings. The predicted molar refractivity (Wildman–Crippen MR) is 87.7 cm³/mol. The third-order valence-electron chi connectivity index (χ3n) is 6.76. The van der Waals surface area contributed by atoms with E-state index in [1.807, 2.05) is 0 Å². The van der Waals surface area contributed by atoms with Gasteiger partial charge in [0.25, 0.3) is 0 Å². The summed E-state index contributed by atoms with van der Waals surface area (Å²) in [7, 11) is 2.36. The summed E-state index contributed by atoms with van der Waals surface area (Å²) in [5, 5.41) is 0. The quantitative estimate of drug-likeness (QED) is 0.849. The zero-order valence-electron chi connectivity index (χ0n) is 14.4. The van der Waals surface area contributed by atoms with Crippen LogP contribution in [0.5, 0.6) is 0 Å². The maximum atomic E-state index is 6.29. The van der Waals surface area contributed by atoms with Crippen molar-refractivity contribution in [2.24, 2.45) is 28.9 Å². The standard InChI is InChI=1S/C18H36N2/c1-13-7-6-8-16(11-13)20(5)12-15-9-10-17(19)14(2)18(15,3)4/h13-17H,6-12,19H2,1-5H3. The van der Waals surface area contributed by atoms with Crippen molar-refractivity contribution in [3.05, 3.63) is 0 Å². The first-order valence-electron chi connectivity index (χ1n) is 8.78. The first-order chi connectivity index (χ1) is 9.32. The molecule has 0 aromatic rings. The monoisotopic (exact) mass is 280 g/mol. The molecule has 2 nitrogen and oxygen atoms in total. The van der Waals surface area contributed by atoms with Crippen molar-refractivity contribution in [3.8, 4) is 0 Å². The normalized spacial score (nSPS) is 41.9. The summed E-state index contributed by atoms with van der Waals surface area (Å²) in [6.45, 7) is 10.9. The molecule has 2 heteroatoms. The van der Waals surface area contributed by atoms with Crippen LogP contribution in [0.3, 0.4) is 0 Å². The highest BCUT2D eigenvalue weighted by Gasteiger charge is 2.42. The highest BCUT2D eigenvalue weighted by molar-refractivity contribution is 4.95. The summed E-state index contributed by atoms with van der Waals surface area (Å²) in [6.07, 6.45) is 8.19. The fraction of sp³-hybridized carbons (Fsp3) is 1.00. The van der Waals surface area contributed by atoms with E-state index in [1.54, 1.807) is 0 Å². The van der Waals surface area contributed by atoms with Gasteiger partial charge < -0.3 is 10.6 Å². The van der Waals surface area contributed by atoms with Crippen molar-refractivity contribution in [1.29, 1.82) is 0 Å². The van der Waals surface area contributed by atoms with E-state index < -0.39 is 0 Å². The Kier molecular flexibility index (Phi) is 5.18. The van der Waals surface area contributed by atoms with Gasteiger partial charge in [-0.15, -0.1) is 0 Å². The smallest absolute Gasteiger partial charge is 0.00948 e. The van der Waals surface area contributed by atoms with E-state index in [1.165, 1.54) is 45.1 Å². The highest BCUT2D eigenvalue weighted by Crippen LogP contribution is 2.45. The van der Waals surface area contributed by atoms with Gasteiger partial charge in [0, 0.05) is 18.6 Å². The zero-order chi connectivity index (χ0) is 14.9. The third kappa shape index (κ3) is 3.39. The van der Waals surface area contributed by atoms with Gasteiger partial charge in [0.1, 0.15) is 0 Å². The lowest BCUT2D eigenvalue weighted by Crippen LogP contribution is -2.51. The summed E-state index contributed by atoms with van der Waals surface area (Å²) >= 11 is 0. The molecule has 0 saturated heterocycles. The second-order valence-electron chi connectivity index (χ2n) is 8.41. The fourth-order valence-corrected chi connectivity index (χ4v) is 4.56. The second kappa shape index (κ2) is 6.36. The van der Waals surface area contributed by atoms with Gasteiger partial charge in [-0.25, -0.2) is 0 Å². The molecular formula is C18H36N2. The minimum absolute atomic E-state index is 0.381. The van der Waals surface area contributed by atoms with Gasteiger partial charge >= 0.3 is 0 Å². The fourth-order valence-electron chi connectivity index (χ4n) is 4.56. The van der Waals surface area contributed by atoms with E-state index in [0.29, 0.717) is 17.4 Å². The lowest BCUT2D eigenvalue weighted by atomic mass is 9.61. The molecule has 2 rings (SSSR count). The minimum Gasteiger partial charge on any atom is -0.327 e. The van der Waals surface area contributed by atoms with Gasteiger partial charge in [-0.05, 0) is 55.9 Å². The Morgan fingerprint density at radius 3 is 2.45 bits per heavy atom. The SMILES string of the molecule is CC1CCCC(N(C)CC2CCC(N)C(C)C2(C)C)C1. The molecule has 5 unspecified atom stereocenters. The van der Waals surface area contributed by atoms with Crippen molar-refractivity contribution < 1.29 is 0 Å². The molecule has 0 aliphatic heterocycles. The van der Waals surface area contributed by atoms with Crippen molar-refractivity contribution in [2.45, 2.75) is 78.3 Å². The first-order valence-corrected chi connectivity index (χ1v) is 8.78. The maximum absolute atomic E-state index is 6.29. The molecule has 0 amide bonds. The number of nitrogens with two attached hydrogens (primary N) is 1. The Morgan fingerprint density at radius 1 is 1.10 bits per heavy atom. The van der Waals surface area contributed by atoms with E-state index >= 15 is 0 Å². The van der Waals surface area contributed by atoms with Crippen LogP contribution in [0, 0.1) is 23.2 Å². The van der Waals surface area contributed by atoms with Crippen molar-refractivity contribution in [2.75, 3.05) is 13.6 Å². The Hall–Kier alpha value is -0.0800. The molecule has 2 saturated carbocycles. The molecular weight excluding hydrogens is 244 g/mol. The van der Waals surface area contributed by atoms with E-state index in [0.717, 1.165) is 17.9 Å². The van der Waals surface area contributed by atoms with Gasteiger partial charge in [-0.3, -0.25) is 0 Å². The number of hydrogen-bond acceptors (Lipinski definition) is 2. The Morgan fingerprint density at radius 2 is 1.80 bits per heavy atom. The average molecular weight is 281 g/mol. The molecule has 2 N–H and O–H groups in total. The van der Waals surface area contributed by atoms with E-state index in [2.05, 4.69) is 39.6 Å². The Labute approximate surface area is 126 Å². The second-order valence-corrected chi connectivity index (χ2v) is 8.41. The maximum Gasteiger partial charge on any atom is 0.00948 e. The van der Waals surface area contributed by atoms with Crippen LogP contribution in [-0.2, 0) is 0 Å². The molecule has 20 heavy (non-hydrogen) atoms. The van der Waals surface area contributed by atoms with Gasteiger partial charge in [0.05, 0.1) is 0 Å². The molecule has 0 spiro atoms. The molecule has 2 aliphatic carbocycles. The molecule has 118 valence electrons. The van der Waals surface area contributed by atoms with Crippen molar-refractivity contribution >= 4 is 0 Å². The van der Waals surface area contributed by atoms with Gasteiger partial charge in [-0.2, -0.15) is 0 Å². The number of nitrogens with zero attached hydrogens (tertiary/aromatic N) is 1.